The molecule has 0 radical (unpaired) electrons. The summed E-state index contributed by atoms with van der Waals surface area (Å²) in [6.45, 7) is 4.37. The molecular weight excluding hydrogens is 259 g/mol. The second-order valence-electron chi connectivity index (χ2n) is 4.01. The first-order valence-electron chi connectivity index (χ1n) is 5.44. The van der Waals surface area contributed by atoms with Crippen molar-refractivity contribution in [1.29, 1.82) is 0 Å². The van der Waals surface area contributed by atoms with Crippen LogP contribution in [0.15, 0.2) is 10.8 Å². The van der Waals surface area contributed by atoms with Crippen LogP contribution in [0, 0.1) is 11.7 Å². The van der Waals surface area contributed by atoms with Crippen molar-refractivity contribution in [3.63, 3.8) is 0 Å². The van der Waals surface area contributed by atoms with Crippen LogP contribution in [0.2, 0.25) is 0 Å². The van der Waals surface area contributed by atoms with Gasteiger partial charge in [-0.15, -0.1) is 11.3 Å². The lowest BCUT2D eigenvalue weighted by Gasteiger charge is -2.08. The van der Waals surface area contributed by atoms with Gasteiger partial charge in [0.05, 0.1) is 6.61 Å². The molecular formula is C12H13FO2S2. The lowest BCUT2D eigenvalue weighted by Crippen LogP contribution is -2.11. The number of fused-ring (bicyclic) bond motifs is 1. The minimum absolute atomic E-state index is 0.0890. The molecule has 1 atom stereocenters. The van der Waals surface area contributed by atoms with Crippen molar-refractivity contribution in [2.24, 2.45) is 5.92 Å². The van der Waals surface area contributed by atoms with E-state index in [4.69, 9.17) is 4.74 Å². The highest BCUT2D eigenvalue weighted by Gasteiger charge is 2.20. The molecule has 0 bridgehead atoms. The third-order valence-electron chi connectivity index (χ3n) is 2.66. The van der Waals surface area contributed by atoms with E-state index in [1.54, 1.807) is 5.38 Å². The van der Waals surface area contributed by atoms with Gasteiger partial charge in [-0.3, -0.25) is 0 Å². The molecule has 17 heavy (non-hydrogen) atoms. The van der Waals surface area contributed by atoms with Gasteiger partial charge in [0.25, 0.3) is 0 Å². The van der Waals surface area contributed by atoms with E-state index in [9.17, 15) is 9.18 Å². The second-order valence-corrected chi connectivity index (χ2v) is 5.80. The average Bonchev–Trinajstić information content (AvgIpc) is 2.89. The van der Waals surface area contributed by atoms with Crippen LogP contribution in [0.25, 0.3) is 10.1 Å². The van der Waals surface area contributed by atoms with Crippen LogP contribution in [-0.4, -0.2) is 12.6 Å². The van der Waals surface area contributed by atoms with Crippen LogP contribution < -0.4 is 0 Å². The van der Waals surface area contributed by atoms with Crippen molar-refractivity contribution < 1.29 is 13.9 Å². The minimum Gasteiger partial charge on any atom is -0.461 e. The summed E-state index contributed by atoms with van der Waals surface area (Å²) in [5.41, 5.74) is 0. The summed E-state index contributed by atoms with van der Waals surface area (Å²) < 4.78 is 19.7. The number of ether oxygens (including phenoxy) is 1. The van der Waals surface area contributed by atoms with E-state index in [-0.39, 0.29) is 4.88 Å². The largest absolute Gasteiger partial charge is 0.461 e. The van der Waals surface area contributed by atoms with E-state index >= 15 is 0 Å². The van der Waals surface area contributed by atoms with E-state index in [0.29, 0.717) is 17.9 Å². The summed E-state index contributed by atoms with van der Waals surface area (Å²) in [5.74, 6) is -0.683. The summed E-state index contributed by atoms with van der Waals surface area (Å²) in [5, 5.41) is 4.08. The zero-order valence-electron chi connectivity index (χ0n) is 9.66. The van der Waals surface area contributed by atoms with Gasteiger partial charge in [0, 0.05) is 20.8 Å². The van der Waals surface area contributed by atoms with Crippen LogP contribution in [0.1, 0.15) is 29.9 Å². The van der Waals surface area contributed by atoms with Crippen molar-refractivity contribution in [2.75, 3.05) is 6.61 Å². The van der Waals surface area contributed by atoms with Crippen molar-refractivity contribution in [3.8, 4) is 0 Å². The Morgan fingerprint density at radius 2 is 2.29 bits per heavy atom. The van der Waals surface area contributed by atoms with Crippen LogP contribution in [0.5, 0.6) is 0 Å². The number of thiophene rings is 2. The second kappa shape index (κ2) is 5.14. The monoisotopic (exact) mass is 272 g/mol. The Balaban J connectivity index is 2.13. The summed E-state index contributed by atoms with van der Waals surface area (Å²) in [7, 11) is 0. The molecule has 2 heterocycles. The molecule has 2 aromatic heterocycles. The fourth-order valence-electron chi connectivity index (χ4n) is 1.33. The molecule has 0 aliphatic carbocycles. The van der Waals surface area contributed by atoms with E-state index in [2.05, 4.69) is 0 Å². The van der Waals surface area contributed by atoms with Gasteiger partial charge in [-0.05, 0) is 5.92 Å². The Hall–Kier alpha value is -0.940. The Labute approximate surface area is 107 Å². The fourth-order valence-corrected chi connectivity index (χ4v) is 3.27. The number of rotatable bonds is 4. The normalized spacial score (nSPS) is 12.9. The zero-order valence-corrected chi connectivity index (χ0v) is 11.3. The smallest absolute Gasteiger partial charge is 0.351 e. The molecule has 0 saturated heterocycles. The first-order chi connectivity index (χ1) is 8.13. The van der Waals surface area contributed by atoms with Crippen molar-refractivity contribution >= 4 is 38.7 Å². The molecule has 2 nitrogen and oxygen atoms in total. The number of hydrogen-bond acceptors (Lipinski definition) is 4. The first kappa shape index (κ1) is 12.5. The topological polar surface area (TPSA) is 26.3 Å². The highest BCUT2D eigenvalue weighted by molar-refractivity contribution is 7.24. The van der Waals surface area contributed by atoms with E-state index < -0.39 is 11.8 Å². The standard InChI is InChI=1S/C12H13FO2S2/c1-3-7(2)4-15-12(14)11-10(13)8-5-16-6-9(8)17-11/h5-7H,3-4H2,1-2H3. The molecule has 0 saturated carbocycles. The Morgan fingerprint density at radius 3 is 2.94 bits per heavy atom. The highest BCUT2D eigenvalue weighted by Crippen LogP contribution is 2.33. The van der Waals surface area contributed by atoms with Crippen molar-refractivity contribution in [3.05, 3.63) is 21.5 Å². The SMILES string of the molecule is CCC(C)COC(=O)c1sc2cscc2c1F. The van der Waals surface area contributed by atoms with E-state index in [1.165, 1.54) is 11.3 Å². The fraction of sp³-hybridized carbons (Fsp3) is 0.417. The summed E-state index contributed by atoms with van der Waals surface area (Å²) in [6.07, 6.45) is 0.939. The maximum atomic E-state index is 13.8. The maximum Gasteiger partial charge on any atom is 0.351 e. The molecule has 0 N–H and O–H groups in total. The lowest BCUT2D eigenvalue weighted by atomic mass is 10.1. The van der Waals surface area contributed by atoms with Crippen molar-refractivity contribution in [1.82, 2.24) is 0 Å². The molecule has 92 valence electrons. The van der Waals surface area contributed by atoms with Crippen LogP contribution in [0.3, 0.4) is 0 Å². The first-order valence-corrected chi connectivity index (χ1v) is 7.20. The van der Waals surface area contributed by atoms with Gasteiger partial charge in [-0.25, -0.2) is 9.18 Å². The number of halogens is 1. The predicted molar refractivity (Wildman–Crippen MR) is 69.4 cm³/mol. The molecule has 0 aromatic carbocycles. The van der Waals surface area contributed by atoms with E-state index in [1.807, 2.05) is 19.2 Å². The van der Waals surface area contributed by atoms with Gasteiger partial charge in [0.15, 0.2) is 5.82 Å². The van der Waals surface area contributed by atoms with Gasteiger partial charge in [-0.1, -0.05) is 20.3 Å². The molecule has 2 aromatic rings. The van der Waals surface area contributed by atoms with Gasteiger partial charge < -0.3 is 4.74 Å². The quantitative estimate of drug-likeness (QED) is 0.775. The molecule has 1 unspecified atom stereocenters. The van der Waals surface area contributed by atoms with Crippen LogP contribution >= 0.6 is 22.7 Å². The van der Waals surface area contributed by atoms with Crippen molar-refractivity contribution in [2.45, 2.75) is 20.3 Å². The molecule has 0 fully saturated rings. The van der Waals surface area contributed by atoms with Crippen LogP contribution in [0.4, 0.5) is 4.39 Å². The Morgan fingerprint density at radius 1 is 1.53 bits per heavy atom. The molecule has 0 aliphatic heterocycles. The molecule has 0 aliphatic rings. The van der Waals surface area contributed by atoms with E-state index in [0.717, 1.165) is 22.5 Å². The number of carbonyl (C=O) groups is 1. The number of carbonyl (C=O) groups excluding carboxylic acids is 1. The third kappa shape index (κ3) is 2.50. The number of hydrogen-bond donors (Lipinski definition) is 0. The summed E-state index contributed by atoms with van der Waals surface area (Å²) in [4.78, 5) is 11.8. The Bertz CT molecular complexity index is 530. The summed E-state index contributed by atoms with van der Waals surface area (Å²) >= 11 is 2.59. The van der Waals surface area contributed by atoms with Gasteiger partial charge >= 0.3 is 5.97 Å². The molecule has 2 rings (SSSR count). The van der Waals surface area contributed by atoms with Crippen LogP contribution in [-0.2, 0) is 4.74 Å². The molecule has 0 amide bonds. The number of esters is 1. The summed E-state index contributed by atoms with van der Waals surface area (Å²) in [6, 6.07) is 0. The maximum absolute atomic E-state index is 13.8. The van der Waals surface area contributed by atoms with Gasteiger partial charge in [0.1, 0.15) is 4.88 Å². The van der Waals surface area contributed by atoms with Gasteiger partial charge in [-0.2, -0.15) is 11.3 Å². The minimum atomic E-state index is -0.547. The predicted octanol–water partition coefficient (Wildman–Crippen LogP) is 4.30. The highest BCUT2D eigenvalue weighted by atomic mass is 32.1. The third-order valence-corrected chi connectivity index (χ3v) is 4.66. The molecule has 5 heteroatoms. The zero-order chi connectivity index (χ0) is 12.4. The Kier molecular flexibility index (Phi) is 3.79. The molecule has 0 spiro atoms. The average molecular weight is 272 g/mol. The van der Waals surface area contributed by atoms with Gasteiger partial charge in [0.2, 0.25) is 0 Å². The lowest BCUT2D eigenvalue weighted by molar-refractivity contribution is 0.0448.